The summed E-state index contributed by atoms with van der Waals surface area (Å²) < 4.78 is 27.9. The van der Waals surface area contributed by atoms with Gasteiger partial charge in [-0.25, -0.2) is 8.78 Å². The van der Waals surface area contributed by atoms with Gasteiger partial charge in [0.25, 0.3) is 0 Å². The third-order valence-corrected chi connectivity index (χ3v) is 4.58. The van der Waals surface area contributed by atoms with Gasteiger partial charge in [0.1, 0.15) is 11.6 Å². The van der Waals surface area contributed by atoms with Crippen LogP contribution in [0.15, 0.2) is 33.4 Å². The van der Waals surface area contributed by atoms with E-state index in [1.807, 2.05) is 17.7 Å². The maximum Gasteiger partial charge on any atom is 0.131 e. The van der Waals surface area contributed by atoms with Crippen molar-refractivity contribution < 1.29 is 8.78 Å². The molecule has 102 valence electrons. The molecule has 0 aliphatic heterocycles. The van der Waals surface area contributed by atoms with Gasteiger partial charge >= 0.3 is 0 Å². The second-order valence-electron chi connectivity index (χ2n) is 4.23. The average molecular weight is 346 g/mol. The minimum Gasteiger partial charge on any atom is -0.306 e. The van der Waals surface area contributed by atoms with Crippen molar-refractivity contribution in [1.29, 1.82) is 0 Å². The molecule has 2 aromatic rings. The van der Waals surface area contributed by atoms with Crippen LogP contribution < -0.4 is 5.32 Å². The molecule has 1 heterocycles. The Balaban J connectivity index is 2.40. The quantitative estimate of drug-likeness (QED) is 0.814. The Morgan fingerprint density at radius 2 is 2.05 bits per heavy atom. The van der Waals surface area contributed by atoms with Gasteiger partial charge in [-0.05, 0) is 45.9 Å². The van der Waals surface area contributed by atoms with Gasteiger partial charge in [-0.2, -0.15) is 11.3 Å². The summed E-state index contributed by atoms with van der Waals surface area (Å²) in [5, 5.41) is 7.23. The first-order chi connectivity index (χ1) is 9.13. The summed E-state index contributed by atoms with van der Waals surface area (Å²) in [4.78, 5) is 0. The molecule has 0 bridgehead atoms. The summed E-state index contributed by atoms with van der Waals surface area (Å²) in [6.07, 6.45) is 0.946. The Labute approximate surface area is 123 Å². The normalized spacial score (nSPS) is 12.6. The lowest BCUT2D eigenvalue weighted by Crippen LogP contribution is -2.24. The molecule has 0 saturated carbocycles. The predicted molar refractivity (Wildman–Crippen MR) is 78.5 cm³/mol. The number of halogens is 3. The molecule has 1 aromatic heterocycles. The van der Waals surface area contributed by atoms with E-state index in [2.05, 4.69) is 21.2 Å². The fourth-order valence-electron chi connectivity index (χ4n) is 1.91. The summed E-state index contributed by atoms with van der Waals surface area (Å²) in [5.41, 5.74) is 1.44. The van der Waals surface area contributed by atoms with E-state index in [4.69, 9.17) is 0 Å². The summed E-state index contributed by atoms with van der Waals surface area (Å²) in [6.45, 7) is 2.82. The van der Waals surface area contributed by atoms with Crippen LogP contribution in [-0.2, 0) is 0 Å². The molecule has 5 heteroatoms. The van der Waals surface area contributed by atoms with E-state index in [1.165, 1.54) is 12.1 Å². The number of hydrogen-bond acceptors (Lipinski definition) is 2. The molecule has 2 rings (SSSR count). The van der Waals surface area contributed by atoms with E-state index in [1.54, 1.807) is 11.3 Å². The van der Waals surface area contributed by atoms with Crippen molar-refractivity contribution in [2.75, 3.05) is 6.54 Å². The van der Waals surface area contributed by atoms with Crippen LogP contribution in [0.5, 0.6) is 0 Å². The van der Waals surface area contributed by atoms with Crippen molar-refractivity contribution in [3.63, 3.8) is 0 Å². The lowest BCUT2D eigenvalue weighted by Gasteiger charge is -2.19. The Kier molecular flexibility index (Phi) is 5.07. The maximum absolute atomic E-state index is 14.0. The molecule has 0 saturated heterocycles. The highest BCUT2D eigenvalue weighted by Crippen LogP contribution is 2.32. The van der Waals surface area contributed by atoms with Crippen LogP contribution in [0.2, 0.25) is 0 Å². The van der Waals surface area contributed by atoms with Gasteiger partial charge in [-0.3, -0.25) is 0 Å². The Morgan fingerprint density at radius 3 is 2.63 bits per heavy atom. The lowest BCUT2D eigenvalue weighted by atomic mass is 10.0. The van der Waals surface area contributed by atoms with E-state index in [-0.39, 0.29) is 6.04 Å². The van der Waals surface area contributed by atoms with Gasteiger partial charge in [0.2, 0.25) is 0 Å². The average Bonchev–Trinajstić information content (AvgIpc) is 2.78. The third-order valence-electron chi connectivity index (χ3n) is 2.83. The molecule has 0 aliphatic carbocycles. The van der Waals surface area contributed by atoms with Crippen molar-refractivity contribution in [1.82, 2.24) is 5.32 Å². The Bertz CT molecular complexity index is 556. The van der Waals surface area contributed by atoms with E-state index in [0.29, 0.717) is 5.56 Å². The van der Waals surface area contributed by atoms with Gasteiger partial charge in [-0.1, -0.05) is 13.0 Å². The van der Waals surface area contributed by atoms with Gasteiger partial charge in [0.05, 0.1) is 6.04 Å². The van der Waals surface area contributed by atoms with Gasteiger partial charge in [0.15, 0.2) is 0 Å². The fraction of sp³-hybridized carbons (Fsp3) is 0.286. The Hall–Kier alpha value is -0.780. The minimum absolute atomic E-state index is 0.263. The van der Waals surface area contributed by atoms with Crippen LogP contribution in [0.1, 0.15) is 30.5 Å². The third kappa shape index (κ3) is 3.41. The largest absolute Gasteiger partial charge is 0.306 e. The predicted octanol–water partition coefficient (Wildman–Crippen LogP) is 4.88. The monoisotopic (exact) mass is 345 g/mol. The molecule has 0 fully saturated rings. The van der Waals surface area contributed by atoms with E-state index >= 15 is 0 Å². The molecule has 1 nitrogen and oxygen atoms in total. The first kappa shape index (κ1) is 14.6. The highest BCUT2D eigenvalue weighted by molar-refractivity contribution is 9.10. The Morgan fingerprint density at radius 1 is 1.26 bits per heavy atom. The second-order valence-corrected chi connectivity index (χ2v) is 5.83. The molecule has 0 amide bonds. The molecule has 0 spiro atoms. The molecule has 1 aromatic carbocycles. The number of nitrogens with one attached hydrogen (secondary N) is 1. The molecule has 1 atom stereocenters. The maximum atomic E-state index is 14.0. The zero-order chi connectivity index (χ0) is 13.8. The summed E-state index contributed by atoms with van der Waals surface area (Å²) in [5.74, 6) is -1.08. The van der Waals surface area contributed by atoms with E-state index in [0.717, 1.165) is 29.1 Å². The van der Waals surface area contributed by atoms with Crippen molar-refractivity contribution in [3.05, 3.63) is 56.2 Å². The van der Waals surface area contributed by atoms with E-state index in [9.17, 15) is 8.78 Å². The second kappa shape index (κ2) is 6.59. The molecular formula is C14H14BrF2NS. The summed E-state index contributed by atoms with van der Waals surface area (Å²) in [6, 6.07) is 3.46. The number of benzene rings is 1. The highest BCUT2D eigenvalue weighted by Gasteiger charge is 2.20. The lowest BCUT2D eigenvalue weighted by molar-refractivity contribution is 0.532. The molecular weight excluding hydrogens is 332 g/mol. The van der Waals surface area contributed by atoms with Crippen LogP contribution >= 0.6 is 27.3 Å². The first-order valence-electron chi connectivity index (χ1n) is 6.03. The van der Waals surface area contributed by atoms with Gasteiger partial charge in [0, 0.05) is 21.5 Å². The van der Waals surface area contributed by atoms with Gasteiger partial charge in [-0.15, -0.1) is 0 Å². The zero-order valence-corrected chi connectivity index (χ0v) is 12.8. The zero-order valence-electron chi connectivity index (χ0n) is 10.4. The molecule has 0 aliphatic rings. The van der Waals surface area contributed by atoms with Crippen LogP contribution in [0.4, 0.5) is 8.78 Å². The fourth-order valence-corrected chi connectivity index (χ4v) is 3.46. The van der Waals surface area contributed by atoms with Crippen molar-refractivity contribution in [2.45, 2.75) is 19.4 Å². The minimum atomic E-state index is -0.556. The van der Waals surface area contributed by atoms with Gasteiger partial charge < -0.3 is 5.32 Å². The smallest absolute Gasteiger partial charge is 0.131 e. The van der Waals surface area contributed by atoms with Crippen molar-refractivity contribution in [2.24, 2.45) is 0 Å². The molecule has 1 N–H and O–H groups in total. The highest BCUT2D eigenvalue weighted by atomic mass is 79.9. The molecule has 0 radical (unpaired) electrons. The van der Waals surface area contributed by atoms with E-state index < -0.39 is 11.6 Å². The number of rotatable bonds is 5. The van der Waals surface area contributed by atoms with Crippen LogP contribution in [0, 0.1) is 11.6 Å². The van der Waals surface area contributed by atoms with Crippen molar-refractivity contribution >= 4 is 27.3 Å². The van der Waals surface area contributed by atoms with Crippen LogP contribution in [-0.4, -0.2) is 6.54 Å². The topological polar surface area (TPSA) is 12.0 Å². The van der Waals surface area contributed by atoms with Crippen LogP contribution in [0.25, 0.3) is 0 Å². The van der Waals surface area contributed by atoms with Crippen molar-refractivity contribution in [3.8, 4) is 0 Å². The number of thiophene rings is 1. The number of hydrogen-bond donors (Lipinski definition) is 1. The SMILES string of the molecule is CCCNC(c1ccc(F)cc1F)c1cscc1Br. The molecule has 19 heavy (non-hydrogen) atoms. The first-order valence-corrected chi connectivity index (χ1v) is 7.77. The standard InChI is InChI=1S/C14H14BrF2NS/c1-2-5-18-14(11-7-19-8-12(11)15)10-4-3-9(16)6-13(10)17/h3-4,6-8,14,18H,2,5H2,1H3. The summed E-state index contributed by atoms with van der Waals surface area (Å²) in [7, 11) is 0. The van der Waals surface area contributed by atoms with Crippen LogP contribution in [0.3, 0.4) is 0 Å². The summed E-state index contributed by atoms with van der Waals surface area (Å²) >= 11 is 5.02. The molecule has 1 unspecified atom stereocenters.